The van der Waals surface area contributed by atoms with Crippen LogP contribution in [0.1, 0.15) is 30.9 Å². The molecular weight excluding hydrogens is 400 g/mol. The molecule has 0 unspecified atom stereocenters. The average molecular weight is 426 g/mol. The summed E-state index contributed by atoms with van der Waals surface area (Å²) in [4.78, 5) is 36.1. The number of fused-ring (bicyclic) bond motifs is 3. The van der Waals surface area contributed by atoms with Gasteiger partial charge < -0.3 is 25.2 Å². The van der Waals surface area contributed by atoms with Gasteiger partial charge in [-0.15, -0.1) is 0 Å². The monoisotopic (exact) mass is 426 g/mol. The topological polar surface area (TPSA) is 114 Å². The van der Waals surface area contributed by atoms with Crippen molar-refractivity contribution in [2.75, 3.05) is 20.3 Å². The molecule has 1 aliphatic rings. The first kappa shape index (κ1) is 22.3. The number of benzene rings is 2. The molecule has 0 saturated carbocycles. The van der Waals surface area contributed by atoms with Gasteiger partial charge in [-0.3, -0.25) is 4.79 Å². The lowest BCUT2D eigenvalue weighted by molar-refractivity contribution is -0.144. The summed E-state index contributed by atoms with van der Waals surface area (Å²) < 4.78 is 10.3. The molecule has 8 heteroatoms. The Labute approximate surface area is 180 Å². The first-order valence-corrected chi connectivity index (χ1v) is 9.90. The Morgan fingerprint density at radius 2 is 1.58 bits per heavy atom. The van der Waals surface area contributed by atoms with Gasteiger partial charge in [0.25, 0.3) is 0 Å². The minimum Gasteiger partial charge on any atom is -0.480 e. The number of aliphatic carboxylic acids is 1. The smallest absolute Gasteiger partial charge is 0.408 e. The summed E-state index contributed by atoms with van der Waals surface area (Å²) >= 11 is 0. The summed E-state index contributed by atoms with van der Waals surface area (Å²) in [5.41, 5.74) is 3.01. The van der Waals surface area contributed by atoms with E-state index in [4.69, 9.17) is 14.6 Å². The van der Waals surface area contributed by atoms with E-state index in [2.05, 4.69) is 10.6 Å². The summed E-state index contributed by atoms with van der Waals surface area (Å²) in [5.74, 6) is -1.99. The SMILES string of the molecule is COC[C@H](NC(=O)C(C)(C)NC(=O)OCC1c2ccccc2-c2ccccc21)C(=O)O. The van der Waals surface area contributed by atoms with Crippen LogP contribution in [-0.2, 0) is 19.1 Å². The van der Waals surface area contributed by atoms with Crippen LogP contribution in [0.2, 0.25) is 0 Å². The predicted molar refractivity (Wildman–Crippen MR) is 114 cm³/mol. The predicted octanol–water partition coefficient (Wildman–Crippen LogP) is 2.52. The molecule has 2 aromatic carbocycles. The Morgan fingerprint density at radius 1 is 1.03 bits per heavy atom. The van der Waals surface area contributed by atoms with Crippen LogP contribution in [0.3, 0.4) is 0 Å². The van der Waals surface area contributed by atoms with Crippen LogP contribution in [0.4, 0.5) is 4.79 Å². The summed E-state index contributed by atoms with van der Waals surface area (Å²) in [5, 5.41) is 14.0. The van der Waals surface area contributed by atoms with Crippen molar-refractivity contribution in [1.29, 1.82) is 0 Å². The molecule has 2 aromatic rings. The zero-order chi connectivity index (χ0) is 22.6. The van der Waals surface area contributed by atoms with Gasteiger partial charge in [-0.25, -0.2) is 9.59 Å². The molecular formula is C23H26N2O6. The number of carbonyl (C=O) groups is 3. The maximum Gasteiger partial charge on any atom is 0.408 e. The molecule has 3 N–H and O–H groups in total. The van der Waals surface area contributed by atoms with E-state index in [1.54, 1.807) is 0 Å². The van der Waals surface area contributed by atoms with Crippen LogP contribution in [0.25, 0.3) is 11.1 Å². The molecule has 1 aliphatic carbocycles. The number of hydrogen-bond donors (Lipinski definition) is 3. The summed E-state index contributed by atoms with van der Waals surface area (Å²) in [6.07, 6.45) is -0.763. The number of rotatable bonds is 8. The number of nitrogens with one attached hydrogen (secondary N) is 2. The van der Waals surface area contributed by atoms with E-state index in [0.717, 1.165) is 22.3 Å². The highest BCUT2D eigenvalue weighted by Crippen LogP contribution is 2.44. The average Bonchev–Trinajstić information content (AvgIpc) is 3.05. The third kappa shape index (κ3) is 4.86. The van der Waals surface area contributed by atoms with Gasteiger partial charge in [0.05, 0.1) is 6.61 Å². The van der Waals surface area contributed by atoms with E-state index in [1.807, 2.05) is 48.5 Å². The minimum absolute atomic E-state index is 0.104. The Kier molecular flexibility index (Phi) is 6.60. The van der Waals surface area contributed by atoms with E-state index in [1.165, 1.54) is 21.0 Å². The van der Waals surface area contributed by atoms with Crippen molar-refractivity contribution in [3.63, 3.8) is 0 Å². The fraction of sp³-hybridized carbons (Fsp3) is 0.348. The Hall–Kier alpha value is -3.39. The first-order chi connectivity index (χ1) is 14.7. The van der Waals surface area contributed by atoms with Gasteiger partial charge >= 0.3 is 12.1 Å². The van der Waals surface area contributed by atoms with Crippen molar-refractivity contribution in [3.8, 4) is 11.1 Å². The highest BCUT2D eigenvalue weighted by Gasteiger charge is 2.34. The first-order valence-electron chi connectivity index (χ1n) is 9.90. The molecule has 0 aliphatic heterocycles. The number of amides is 2. The highest BCUT2D eigenvalue weighted by molar-refractivity contribution is 5.92. The fourth-order valence-corrected chi connectivity index (χ4v) is 3.63. The second-order valence-corrected chi connectivity index (χ2v) is 7.90. The van der Waals surface area contributed by atoms with Crippen molar-refractivity contribution in [3.05, 3.63) is 59.7 Å². The van der Waals surface area contributed by atoms with Crippen molar-refractivity contribution >= 4 is 18.0 Å². The van der Waals surface area contributed by atoms with E-state index in [9.17, 15) is 14.4 Å². The van der Waals surface area contributed by atoms with E-state index < -0.39 is 29.6 Å². The number of carboxylic acid groups (broad SMARTS) is 1. The lowest BCUT2D eigenvalue weighted by Gasteiger charge is -2.27. The van der Waals surface area contributed by atoms with Gasteiger partial charge in [0.15, 0.2) is 6.04 Å². The molecule has 2 amide bonds. The molecule has 0 bridgehead atoms. The number of methoxy groups -OCH3 is 1. The maximum atomic E-state index is 12.5. The highest BCUT2D eigenvalue weighted by atomic mass is 16.5. The van der Waals surface area contributed by atoms with Crippen molar-refractivity contribution in [2.45, 2.75) is 31.3 Å². The van der Waals surface area contributed by atoms with Crippen LogP contribution >= 0.6 is 0 Å². The van der Waals surface area contributed by atoms with Gasteiger partial charge in [0.2, 0.25) is 5.91 Å². The molecule has 0 fully saturated rings. The lowest BCUT2D eigenvalue weighted by atomic mass is 9.98. The zero-order valence-corrected chi connectivity index (χ0v) is 17.7. The fourth-order valence-electron chi connectivity index (χ4n) is 3.63. The number of hydrogen-bond acceptors (Lipinski definition) is 5. The molecule has 1 atom stereocenters. The van der Waals surface area contributed by atoms with Crippen LogP contribution < -0.4 is 10.6 Å². The molecule has 0 heterocycles. The van der Waals surface area contributed by atoms with Crippen LogP contribution in [-0.4, -0.2) is 55.0 Å². The zero-order valence-electron chi connectivity index (χ0n) is 17.7. The Morgan fingerprint density at radius 3 is 2.10 bits per heavy atom. The number of ether oxygens (including phenoxy) is 2. The Balaban J connectivity index is 1.63. The van der Waals surface area contributed by atoms with Crippen molar-refractivity contribution in [1.82, 2.24) is 10.6 Å². The van der Waals surface area contributed by atoms with Crippen LogP contribution in [0, 0.1) is 0 Å². The van der Waals surface area contributed by atoms with Crippen molar-refractivity contribution < 1.29 is 29.0 Å². The summed E-state index contributed by atoms with van der Waals surface area (Å²) in [6.45, 7) is 2.85. The largest absolute Gasteiger partial charge is 0.480 e. The second kappa shape index (κ2) is 9.18. The van der Waals surface area contributed by atoms with Gasteiger partial charge in [-0.1, -0.05) is 48.5 Å². The molecule has 31 heavy (non-hydrogen) atoms. The van der Waals surface area contributed by atoms with E-state index >= 15 is 0 Å². The third-order valence-electron chi connectivity index (χ3n) is 5.26. The summed E-state index contributed by atoms with van der Waals surface area (Å²) in [7, 11) is 1.34. The van der Waals surface area contributed by atoms with E-state index in [0.29, 0.717) is 0 Å². The normalized spacial score (nSPS) is 13.6. The maximum absolute atomic E-state index is 12.5. The molecule has 0 spiro atoms. The quantitative estimate of drug-likeness (QED) is 0.598. The lowest BCUT2D eigenvalue weighted by Crippen LogP contribution is -2.58. The minimum atomic E-state index is -1.38. The van der Waals surface area contributed by atoms with Gasteiger partial charge in [-0.05, 0) is 36.1 Å². The number of carboxylic acids is 1. The van der Waals surface area contributed by atoms with Gasteiger partial charge in [0.1, 0.15) is 12.1 Å². The second-order valence-electron chi connectivity index (χ2n) is 7.90. The molecule has 8 nitrogen and oxygen atoms in total. The van der Waals surface area contributed by atoms with Crippen LogP contribution in [0.15, 0.2) is 48.5 Å². The Bertz CT molecular complexity index is 942. The third-order valence-corrected chi connectivity index (χ3v) is 5.26. The molecule has 0 radical (unpaired) electrons. The van der Waals surface area contributed by atoms with Gasteiger partial charge in [0, 0.05) is 13.0 Å². The molecule has 0 saturated heterocycles. The van der Waals surface area contributed by atoms with E-state index in [-0.39, 0.29) is 19.1 Å². The van der Waals surface area contributed by atoms with Gasteiger partial charge in [-0.2, -0.15) is 0 Å². The van der Waals surface area contributed by atoms with Crippen molar-refractivity contribution in [2.24, 2.45) is 0 Å². The number of carbonyl (C=O) groups excluding carboxylic acids is 2. The number of alkyl carbamates (subject to hydrolysis) is 1. The summed E-state index contributed by atoms with van der Waals surface area (Å²) in [6, 6.07) is 14.7. The standard InChI is InChI=1S/C23H26N2O6/c1-23(2,21(28)24-19(13-30-3)20(26)27)25-22(29)31-12-18-16-10-6-4-8-14(16)15-9-5-7-11-17(15)18/h4-11,18-19H,12-13H2,1-3H3,(H,24,28)(H,25,29)(H,26,27)/t19-/m0/s1. The molecule has 164 valence electrons. The molecule has 3 rings (SSSR count). The molecule has 0 aromatic heterocycles. The van der Waals surface area contributed by atoms with Crippen LogP contribution in [0.5, 0.6) is 0 Å².